The van der Waals surface area contributed by atoms with Crippen LogP contribution in [0.25, 0.3) is 0 Å². The Bertz CT molecular complexity index is 808. The van der Waals surface area contributed by atoms with Crippen molar-refractivity contribution in [3.8, 4) is 6.07 Å². The minimum absolute atomic E-state index is 0.0283. The van der Waals surface area contributed by atoms with Gasteiger partial charge in [0.1, 0.15) is 17.2 Å². The molecule has 1 aromatic rings. The monoisotopic (exact) mass is 430 g/mol. The molecule has 164 valence electrons. The molecule has 2 aliphatic rings. The van der Waals surface area contributed by atoms with Gasteiger partial charge in [-0.2, -0.15) is 5.26 Å². The molecule has 1 N–H and O–H groups in total. The summed E-state index contributed by atoms with van der Waals surface area (Å²) in [5.41, 5.74) is 2.07. The lowest BCUT2D eigenvalue weighted by Crippen LogP contribution is -2.30. The highest BCUT2D eigenvalue weighted by Gasteiger charge is 2.31. The lowest BCUT2D eigenvalue weighted by Gasteiger charge is -2.36. The van der Waals surface area contributed by atoms with Crippen molar-refractivity contribution < 1.29 is 14.3 Å². The number of rotatable bonds is 6. The molecule has 0 saturated heterocycles. The number of ether oxygens (including phenoxy) is 1. The molecule has 1 amide bonds. The Labute approximate surface area is 184 Å². The van der Waals surface area contributed by atoms with Crippen molar-refractivity contribution in [2.45, 2.75) is 97.5 Å². The third-order valence-corrected chi connectivity index (χ3v) is 7.73. The van der Waals surface area contributed by atoms with Crippen LogP contribution in [0.3, 0.4) is 0 Å². The van der Waals surface area contributed by atoms with Crippen molar-refractivity contribution in [1.82, 2.24) is 0 Å². The number of nitriles is 1. The van der Waals surface area contributed by atoms with Gasteiger partial charge in [0.2, 0.25) is 5.91 Å². The molecule has 0 unspecified atom stereocenters. The highest BCUT2D eigenvalue weighted by molar-refractivity contribution is 7.16. The summed E-state index contributed by atoms with van der Waals surface area (Å²) in [6.07, 6.45) is 9.28. The first-order chi connectivity index (χ1) is 14.3. The summed E-state index contributed by atoms with van der Waals surface area (Å²) in [4.78, 5) is 25.7. The minimum atomic E-state index is -0.202. The third-order valence-electron chi connectivity index (χ3n) is 6.52. The van der Waals surface area contributed by atoms with E-state index in [2.05, 4.69) is 32.2 Å². The lowest BCUT2D eigenvalue weighted by atomic mass is 9.72. The molecule has 1 fully saturated rings. The van der Waals surface area contributed by atoms with Crippen LogP contribution in [-0.2, 0) is 27.2 Å². The molecule has 0 bridgehead atoms. The molecular weight excluding hydrogens is 396 g/mol. The Balaban J connectivity index is 1.39. The third kappa shape index (κ3) is 5.85. The van der Waals surface area contributed by atoms with Gasteiger partial charge in [0, 0.05) is 17.7 Å². The van der Waals surface area contributed by atoms with Crippen molar-refractivity contribution >= 4 is 28.2 Å². The van der Waals surface area contributed by atoms with Crippen molar-refractivity contribution in [1.29, 1.82) is 5.26 Å². The molecule has 30 heavy (non-hydrogen) atoms. The largest absolute Gasteiger partial charge is 0.462 e. The van der Waals surface area contributed by atoms with E-state index in [1.165, 1.54) is 16.2 Å². The second kappa shape index (κ2) is 9.96. The first-order valence-corrected chi connectivity index (χ1v) is 12.1. The van der Waals surface area contributed by atoms with E-state index in [0.29, 0.717) is 28.3 Å². The van der Waals surface area contributed by atoms with E-state index >= 15 is 0 Å². The summed E-state index contributed by atoms with van der Waals surface area (Å²) >= 11 is 1.53. The maximum absolute atomic E-state index is 12.3. The van der Waals surface area contributed by atoms with Gasteiger partial charge in [-0.3, -0.25) is 9.59 Å². The number of carbonyl (C=O) groups excluding carboxylic acids is 2. The lowest BCUT2D eigenvalue weighted by molar-refractivity contribution is -0.151. The number of carbonyl (C=O) groups is 2. The SMILES string of the molecule is CC(C)(C)C1CCC(OC(=O)CCCC(=O)Nc2sc3c(c2C#N)CCCC3)CC1. The average Bonchev–Trinajstić information content (AvgIpc) is 3.04. The summed E-state index contributed by atoms with van der Waals surface area (Å²) in [5.74, 6) is 0.354. The fraction of sp³-hybridized carbons (Fsp3) is 0.708. The number of aryl methyl sites for hydroxylation is 1. The molecule has 1 heterocycles. The Morgan fingerprint density at radius 3 is 2.50 bits per heavy atom. The number of amides is 1. The van der Waals surface area contributed by atoms with Gasteiger partial charge in [0.25, 0.3) is 0 Å². The normalized spacial score (nSPS) is 21.4. The van der Waals surface area contributed by atoms with Gasteiger partial charge in [0.05, 0.1) is 5.56 Å². The summed E-state index contributed by atoms with van der Waals surface area (Å²) in [6.45, 7) is 6.83. The molecule has 0 radical (unpaired) electrons. The summed E-state index contributed by atoms with van der Waals surface area (Å²) in [5, 5.41) is 13.1. The van der Waals surface area contributed by atoms with Gasteiger partial charge in [-0.15, -0.1) is 11.3 Å². The molecular formula is C24H34N2O3S. The van der Waals surface area contributed by atoms with Gasteiger partial charge in [-0.25, -0.2) is 0 Å². The van der Waals surface area contributed by atoms with E-state index in [1.54, 1.807) is 0 Å². The van der Waals surface area contributed by atoms with Gasteiger partial charge in [-0.1, -0.05) is 20.8 Å². The van der Waals surface area contributed by atoms with E-state index in [-0.39, 0.29) is 30.8 Å². The highest BCUT2D eigenvalue weighted by Crippen LogP contribution is 2.39. The van der Waals surface area contributed by atoms with E-state index in [9.17, 15) is 14.9 Å². The van der Waals surface area contributed by atoms with Crippen molar-refractivity contribution in [3.05, 3.63) is 16.0 Å². The Kier molecular flexibility index (Phi) is 7.57. The number of nitrogens with zero attached hydrogens (tertiary/aromatic N) is 1. The Hall–Kier alpha value is -1.87. The minimum Gasteiger partial charge on any atom is -0.462 e. The summed E-state index contributed by atoms with van der Waals surface area (Å²) in [7, 11) is 0. The predicted molar refractivity (Wildman–Crippen MR) is 119 cm³/mol. The number of fused-ring (bicyclic) bond motifs is 1. The average molecular weight is 431 g/mol. The second-order valence-electron chi connectivity index (χ2n) is 9.76. The smallest absolute Gasteiger partial charge is 0.306 e. The van der Waals surface area contributed by atoms with Crippen LogP contribution in [0.4, 0.5) is 5.00 Å². The van der Waals surface area contributed by atoms with Crippen molar-refractivity contribution in [2.75, 3.05) is 5.32 Å². The molecule has 5 nitrogen and oxygen atoms in total. The van der Waals surface area contributed by atoms with Crippen LogP contribution < -0.4 is 5.32 Å². The van der Waals surface area contributed by atoms with Crippen molar-refractivity contribution in [3.63, 3.8) is 0 Å². The number of hydrogen-bond acceptors (Lipinski definition) is 5. The zero-order valence-corrected chi connectivity index (χ0v) is 19.3. The molecule has 0 atom stereocenters. The molecule has 3 rings (SSSR count). The predicted octanol–water partition coefficient (Wildman–Crippen LogP) is 5.76. The molecule has 0 aromatic carbocycles. The number of hydrogen-bond donors (Lipinski definition) is 1. The number of thiophene rings is 1. The van der Waals surface area contributed by atoms with E-state index in [0.717, 1.165) is 56.9 Å². The fourth-order valence-corrected chi connectivity index (χ4v) is 5.90. The van der Waals surface area contributed by atoms with Crippen LogP contribution in [0, 0.1) is 22.7 Å². The van der Waals surface area contributed by atoms with Crippen LogP contribution in [0.2, 0.25) is 0 Å². The standard InChI is InChI=1S/C24H34N2O3S/c1-24(2,3)16-11-13-17(14-12-16)29-22(28)10-6-9-21(27)26-23-19(15-25)18-7-4-5-8-20(18)30-23/h16-17H,4-14H2,1-3H3,(H,26,27). The van der Waals surface area contributed by atoms with E-state index in [4.69, 9.17) is 4.74 Å². The highest BCUT2D eigenvalue weighted by atomic mass is 32.1. The first-order valence-electron chi connectivity index (χ1n) is 11.3. The van der Waals surface area contributed by atoms with Gasteiger partial charge >= 0.3 is 5.97 Å². The van der Waals surface area contributed by atoms with Gasteiger partial charge in [0.15, 0.2) is 0 Å². The molecule has 0 spiro atoms. The zero-order valence-electron chi connectivity index (χ0n) is 18.5. The number of anilines is 1. The molecule has 1 aromatic heterocycles. The van der Waals surface area contributed by atoms with E-state index in [1.807, 2.05) is 0 Å². The van der Waals surface area contributed by atoms with Crippen LogP contribution >= 0.6 is 11.3 Å². The summed E-state index contributed by atoms with van der Waals surface area (Å²) in [6, 6.07) is 2.26. The van der Waals surface area contributed by atoms with Gasteiger partial charge < -0.3 is 10.1 Å². The maximum atomic E-state index is 12.3. The second-order valence-corrected chi connectivity index (χ2v) is 10.9. The van der Waals surface area contributed by atoms with Gasteiger partial charge in [-0.05, 0) is 74.7 Å². The molecule has 1 saturated carbocycles. The molecule has 6 heteroatoms. The maximum Gasteiger partial charge on any atom is 0.306 e. The van der Waals surface area contributed by atoms with Crippen LogP contribution in [0.5, 0.6) is 0 Å². The topological polar surface area (TPSA) is 79.2 Å². The molecule has 2 aliphatic carbocycles. The number of esters is 1. The Morgan fingerprint density at radius 1 is 1.13 bits per heavy atom. The van der Waals surface area contributed by atoms with Crippen LogP contribution in [0.1, 0.15) is 94.6 Å². The number of nitrogens with one attached hydrogen (secondary N) is 1. The summed E-state index contributed by atoms with van der Waals surface area (Å²) < 4.78 is 5.63. The van der Waals surface area contributed by atoms with E-state index < -0.39 is 0 Å². The van der Waals surface area contributed by atoms with Crippen molar-refractivity contribution in [2.24, 2.45) is 11.3 Å². The zero-order chi connectivity index (χ0) is 21.7. The Morgan fingerprint density at radius 2 is 1.83 bits per heavy atom. The quantitative estimate of drug-likeness (QED) is 0.582. The van der Waals surface area contributed by atoms with Crippen LogP contribution in [-0.4, -0.2) is 18.0 Å². The van der Waals surface area contributed by atoms with Crippen LogP contribution in [0.15, 0.2) is 0 Å². The molecule has 0 aliphatic heterocycles. The first kappa shape index (κ1) is 22.8. The fourth-order valence-electron chi connectivity index (χ4n) is 4.65.